The molecule has 0 radical (unpaired) electrons. The van der Waals surface area contributed by atoms with Crippen molar-refractivity contribution >= 4 is 22.6 Å². The van der Waals surface area contributed by atoms with E-state index in [4.69, 9.17) is 4.98 Å². The zero-order valence-corrected chi connectivity index (χ0v) is 17.6. The van der Waals surface area contributed by atoms with Gasteiger partial charge >= 0.3 is 0 Å². The second kappa shape index (κ2) is 11.0. The number of likely N-dealkylation sites (N-methyl/N-ethyl adjacent to an activating group) is 1. The highest BCUT2D eigenvalue weighted by molar-refractivity contribution is 7.09. The number of carbonyl (C=O) groups is 1. The minimum atomic E-state index is 0.0830. The van der Waals surface area contributed by atoms with Gasteiger partial charge < -0.3 is 15.1 Å². The number of nitrogens with zero attached hydrogens (tertiary/aromatic N) is 4. The van der Waals surface area contributed by atoms with E-state index in [1.165, 1.54) is 17.1 Å². The number of hydrogen-bond acceptors (Lipinski definition) is 6. The molecule has 0 saturated heterocycles. The highest BCUT2D eigenvalue weighted by Gasteiger charge is 2.16. The van der Waals surface area contributed by atoms with Gasteiger partial charge in [-0.05, 0) is 25.6 Å². The van der Waals surface area contributed by atoms with Gasteiger partial charge in [-0.2, -0.15) is 4.37 Å². The van der Waals surface area contributed by atoms with Crippen molar-refractivity contribution in [2.45, 2.75) is 26.7 Å². The molecule has 27 heavy (non-hydrogen) atoms. The zero-order valence-electron chi connectivity index (χ0n) is 16.8. The van der Waals surface area contributed by atoms with Gasteiger partial charge in [0.25, 0.3) is 0 Å². The molecule has 0 fully saturated rings. The van der Waals surface area contributed by atoms with E-state index >= 15 is 0 Å². The van der Waals surface area contributed by atoms with Crippen LogP contribution in [0.3, 0.4) is 0 Å². The van der Waals surface area contributed by atoms with Crippen LogP contribution in [0.15, 0.2) is 30.3 Å². The fraction of sp³-hybridized carbons (Fsp3) is 0.550. The number of nitrogens with one attached hydrogen (secondary N) is 1. The number of anilines is 1. The van der Waals surface area contributed by atoms with Crippen LogP contribution in [0.2, 0.25) is 0 Å². The number of carbonyl (C=O) groups excluding carboxylic acids is 1. The Balaban J connectivity index is 1.92. The molecule has 0 spiro atoms. The van der Waals surface area contributed by atoms with Crippen LogP contribution in [0.4, 0.5) is 5.13 Å². The quantitative estimate of drug-likeness (QED) is 0.640. The van der Waals surface area contributed by atoms with Crippen molar-refractivity contribution in [2.24, 2.45) is 5.92 Å². The Morgan fingerprint density at radius 3 is 2.59 bits per heavy atom. The van der Waals surface area contributed by atoms with Crippen molar-refractivity contribution in [3.63, 3.8) is 0 Å². The van der Waals surface area contributed by atoms with Gasteiger partial charge in [-0.3, -0.25) is 4.79 Å². The number of hydrogen-bond donors (Lipinski definition) is 1. The van der Waals surface area contributed by atoms with Gasteiger partial charge in [0, 0.05) is 50.6 Å². The first-order valence-corrected chi connectivity index (χ1v) is 10.2. The third-order valence-electron chi connectivity index (χ3n) is 4.01. The van der Waals surface area contributed by atoms with Crippen molar-refractivity contribution in [2.75, 3.05) is 45.2 Å². The second-order valence-corrected chi connectivity index (χ2v) is 8.13. The molecule has 0 saturated carbocycles. The maximum atomic E-state index is 12.1. The van der Waals surface area contributed by atoms with E-state index in [2.05, 4.69) is 45.5 Å². The topological polar surface area (TPSA) is 61.4 Å². The molecule has 0 aliphatic heterocycles. The fourth-order valence-electron chi connectivity index (χ4n) is 2.67. The Labute approximate surface area is 166 Å². The van der Waals surface area contributed by atoms with E-state index in [9.17, 15) is 4.79 Å². The van der Waals surface area contributed by atoms with Crippen LogP contribution in [0.1, 0.15) is 31.7 Å². The molecular formula is C20H31N5OS. The van der Waals surface area contributed by atoms with E-state index in [-0.39, 0.29) is 5.91 Å². The smallest absolute Gasteiger partial charge is 0.221 e. The zero-order chi connectivity index (χ0) is 19.6. The van der Waals surface area contributed by atoms with Crippen LogP contribution in [0, 0.1) is 5.92 Å². The molecule has 1 amide bonds. The minimum Gasteiger partial charge on any atom is -0.355 e. The lowest BCUT2D eigenvalue weighted by atomic mass is 10.1. The Hall–Kier alpha value is -1.99. The summed E-state index contributed by atoms with van der Waals surface area (Å²) in [6, 6.07) is 10.2. The van der Waals surface area contributed by atoms with Crippen molar-refractivity contribution in [3.8, 4) is 0 Å². The molecule has 2 aromatic rings. The van der Waals surface area contributed by atoms with Crippen LogP contribution >= 0.6 is 11.5 Å². The highest BCUT2D eigenvalue weighted by Crippen LogP contribution is 2.20. The first-order chi connectivity index (χ1) is 12.9. The first kappa shape index (κ1) is 21.3. The predicted molar refractivity (Wildman–Crippen MR) is 112 cm³/mol. The van der Waals surface area contributed by atoms with Gasteiger partial charge in [0.15, 0.2) is 0 Å². The third kappa shape index (κ3) is 8.05. The van der Waals surface area contributed by atoms with Crippen LogP contribution in [-0.2, 0) is 11.2 Å². The Bertz CT molecular complexity index is 687. The van der Waals surface area contributed by atoms with Gasteiger partial charge in [-0.15, -0.1) is 0 Å². The number of benzene rings is 1. The molecule has 1 aromatic carbocycles. The average Bonchev–Trinajstić information content (AvgIpc) is 3.07. The van der Waals surface area contributed by atoms with E-state index in [1.54, 1.807) is 0 Å². The number of amides is 1. The van der Waals surface area contributed by atoms with Gasteiger partial charge in [0.2, 0.25) is 11.0 Å². The maximum absolute atomic E-state index is 12.1. The van der Waals surface area contributed by atoms with Crippen LogP contribution < -0.4 is 10.2 Å². The molecule has 0 aliphatic rings. The summed E-state index contributed by atoms with van der Waals surface area (Å²) in [6.45, 7) is 7.40. The summed E-state index contributed by atoms with van der Waals surface area (Å²) in [5, 5.41) is 3.87. The lowest BCUT2D eigenvalue weighted by molar-refractivity contribution is -0.120. The second-order valence-electron chi connectivity index (χ2n) is 7.40. The van der Waals surface area contributed by atoms with E-state index in [0.717, 1.165) is 30.5 Å². The van der Waals surface area contributed by atoms with E-state index < -0.39 is 0 Å². The van der Waals surface area contributed by atoms with E-state index in [1.807, 2.05) is 32.3 Å². The Morgan fingerprint density at radius 1 is 1.19 bits per heavy atom. The molecule has 2 rings (SSSR count). The van der Waals surface area contributed by atoms with E-state index in [0.29, 0.717) is 25.4 Å². The summed E-state index contributed by atoms with van der Waals surface area (Å²) < 4.78 is 4.52. The molecular weight excluding hydrogens is 358 g/mol. The summed E-state index contributed by atoms with van der Waals surface area (Å²) >= 11 is 1.42. The highest BCUT2D eigenvalue weighted by atomic mass is 32.1. The largest absolute Gasteiger partial charge is 0.355 e. The van der Waals surface area contributed by atoms with Gasteiger partial charge in [0.05, 0.1) is 0 Å². The molecule has 148 valence electrons. The molecule has 1 N–H and O–H groups in total. The monoisotopic (exact) mass is 389 g/mol. The lowest BCUT2D eigenvalue weighted by Crippen LogP contribution is -2.35. The van der Waals surface area contributed by atoms with Crippen LogP contribution in [-0.4, -0.2) is 60.4 Å². The molecule has 6 nitrogen and oxygen atoms in total. The Morgan fingerprint density at radius 2 is 1.93 bits per heavy atom. The first-order valence-electron chi connectivity index (χ1n) is 9.47. The normalized spacial score (nSPS) is 11.2. The van der Waals surface area contributed by atoms with Crippen molar-refractivity contribution in [1.29, 1.82) is 0 Å². The fourth-order valence-corrected chi connectivity index (χ4v) is 3.39. The molecule has 7 heteroatoms. The van der Waals surface area contributed by atoms with Crippen molar-refractivity contribution < 1.29 is 4.79 Å². The predicted octanol–water partition coefficient (Wildman–Crippen LogP) is 2.66. The molecule has 0 unspecified atom stereocenters. The molecule has 0 atom stereocenters. The standard InChI is InChI=1S/C20H31N5OS/c1-16(2)15-25(12-10-19(26)21-11-13-24(3)4)20-22-18(23-27-20)14-17-8-6-5-7-9-17/h5-9,16H,10-15H2,1-4H3,(H,21,26). The van der Waals surface area contributed by atoms with Crippen LogP contribution in [0.25, 0.3) is 0 Å². The lowest BCUT2D eigenvalue weighted by Gasteiger charge is -2.23. The summed E-state index contributed by atoms with van der Waals surface area (Å²) in [5.41, 5.74) is 1.21. The third-order valence-corrected chi connectivity index (χ3v) is 4.82. The molecule has 1 aromatic heterocycles. The molecule has 1 heterocycles. The summed E-state index contributed by atoms with van der Waals surface area (Å²) in [7, 11) is 4.00. The Kier molecular flexibility index (Phi) is 8.67. The SMILES string of the molecule is CC(C)CN(CCC(=O)NCCN(C)C)c1nc(Cc2ccccc2)ns1. The summed E-state index contributed by atoms with van der Waals surface area (Å²) in [5.74, 6) is 1.41. The number of aromatic nitrogens is 2. The summed E-state index contributed by atoms with van der Waals surface area (Å²) in [4.78, 5) is 21.1. The summed E-state index contributed by atoms with van der Waals surface area (Å²) in [6.07, 6.45) is 1.20. The van der Waals surface area contributed by atoms with Crippen molar-refractivity contribution in [1.82, 2.24) is 19.6 Å². The maximum Gasteiger partial charge on any atom is 0.221 e. The molecule has 0 bridgehead atoms. The van der Waals surface area contributed by atoms with Gasteiger partial charge in [0.1, 0.15) is 5.82 Å². The van der Waals surface area contributed by atoms with Crippen molar-refractivity contribution in [3.05, 3.63) is 41.7 Å². The average molecular weight is 390 g/mol. The van der Waals surface area contributed by atoms with Gasteiger partial charge in [-0.1, -0.05) is 44.2 Å². The number of rotatable bonds is 11. The molecule has 0 aliphatic carbocycles. The van der Waals surface area contributed by atoms with Gasteiger partial charge in [-0.25, -0.2) is 4.98 Å². The minimum absolute atomic E-state index is 0.0830. The van der Waals surface area contributed by atoms with Crippen LogP contribution in [0.5, 0.6) is 0 Å².